The maximum absolute atomic E-state index is 11.7. The lowest BCUT2D eigenvalue weighted by Crippen LogP contribution is -2.30. The van der Waals surface area contributed by atoms with Crippen molar-refractivity contribution in [3.05, 3.63) is 30.0 Å². The molecular weight excluding hydrogens is 254 g/mol. The van der Waals surface area contributed by atoms with E-state index in [1.807, 2.05) is 29.3 Å². The molecule has 1 unspecified atom stereocenters. The molecule has 1 atom stereocenters. The van der Waals surface area contributed by atoms with E-state index < -0.39 is 0 Å². The molecule has 2 aromatic rings. The number of amides is 1. The van der Waals surface area contributed by atoms with Gasteiger partial charge in [0.25, 0.3) is 0 Å². The Labute approximate surface area is 117 Å². The Bertz CT molecular complexity index is 635. The van der Waals surface area contributed by atoms with Gasteiger partial charge < -0.3 is 20.4 Å². The predicted molar refractivity (Wildman–Crippen MR) is 77.7 cm³/mol. The number of nitrogens with two attached hydrogens (primary N) is 1. The number of hydrogen-bond donors (Lipinski definition) is 2. The summed E-state index contributed by atoms with van der Waals surface area (Å²) in [5.74, 6) is 1.01. The molecule has 1 aliphatic heterocycles. The Balaban J connectivity index is 1.76. The highest BCUT2D eigenvalue weighted by Crippen LogP contribution is 2.24. The largest absolute Gasteiger partial charge is 0.497 e. The van der Waals surface area contributed by atoms with Crippen LogP contribution in [-0.4, -0.2) is 42.0 Å². The Morgan fingerprint density at radius 3 is 3.05 bits per heavy atom. The Morgan fingerprint density at radius 1 is 1.50 bits per heavy atom. The summed E-state index contributed by atoms with van der Waals surface area (Å²) in [6, 6.07) is 5.96. The van der Waals surface area contributed by atoms with Gasteiger partial charge in [-0.3, -0.25) is 4.79 Å². The van der Waals surface area contributed by atoms with E-state index in [0.717, 1.165) is 29.6 Å². The van der Waals surface area contributed by atoms with E-state index in [-0.39, 0.29) is 11.9 Å². The number of ether oxygens (including phenoxy) is 1. The molecule has 0 spiro atoms. The van der Waals surface area contributed by atoms with E-state index in [2.05, 4.69) is 4.98 Å². The van der Waals surface area contributed by atoms with Crippen LogP contribution in [0.1, 0.15) is 12.0 Å². The summed E-state index contributed by atoms with van der Waals surface area (Å²) in [5.41, 5.74) is 8.10. The van der Waals surface area contributed by atoms with Gasteiger partial charge in [-0.25, -0.2) is 0 Å². The Hall–Kier alpha value is -2.01. The molecule has 1 saturated heterocycles. The molecule has 0 saturated carbocycles. The first-order valence-corrected chi connectivity index (χ1v) is 6.84. The molecule has 3 N–H and O–H groups in total. The number of likely N-dealkylation sites (tertiary alicyclic amines) is 1. The van der Waals surface area contributed by atoms with Gasteiger partial charge in [0.2, 0.25) is 5.91 Å². The van der Waals surface area contributed by atoms with Crippen LogP contribution in [0.15, 0.2) is 24.4 Å². The van der Waals surface area contributed by atoms with E-state index in [4.69, 9.17) is 10.5 Å². The first kappa shape index (κ1) is 13.0. The highest BCUT2D eigenvalue weighted by atomic mass is 16.5. The number of methoxy groups -OCH3 is 1. The zero-order chi connectivity index (χ0) is 14.1. The van der Waals surface area contributed by atoms with Gasteiger partial charge >= 0.3 is 0 Å². The van der Waals surface area contributed by atoms with E-state index in [9.17, 15) is 4.79 Å². The lowest BCUT2D eigenvalue weighted by Gasteiger charge is -2.15. The van der Waals surface area contributed by atoms with Gasteiger partial charge in [0, 0.05) is 42.7 Å². The zero-order valence-corrected chi connectivity index (χ0v) is 11.6. The highest BCUT2D eigenvalue weighted by molar-refractivity contribution is 5.85. The molecule has 3 rings (SSSR count). The molecule has 1 amide bonds. The van der Waals surface area contributed by atoms with Crippen LogP contribution in [0.3, 0.4) is 0 Å². The third-order valence-corrected chi connectivity index (χ3v) is 3.87. The Kier molecular flexibility index (Phi) is 3.36. The van der Waals surface area contributed by atoms with Gasteiger partial charge in [-0.05, 0) is 30.2 Å². The van der Waals surface area contributed by atoms with Crippen LogP contribution in [0.25, 0.3) is 10.9 Å². The summed E-state index contributed by atoms with van der Waals surface area (Å²) in [4.78, 5) is 16.8. The number of carbonyl (C=O) groups excluding carboxylic acids is 1. The quantitative estimate of drug-likeness (QED) is 0.881. The Morgan fingerprint density at radius 2 is 2.35 bits per heavy atom. The zero-order valence-electron chi connectivity index (χ0n) is 11.6. The third-order valence-electron chi connectivity index (χ3n) is 3.87. The number of aromatic amines is 1. The second-order valence-corrected chi connectivity index (χ2v) is 5.28. The van der Waals surface area contributed by atoms with Crippen molar-refractivity contribution in [2.24, 2.45) is 5.73 Å². The van der Waals surface area contributed by atoms with E-state index in [0.29, 0.717) is 13.0 Å². The summed E-state index contributed by atoms with van der Waals surface area (Å²) in [5, 5.41) is 1.15. The van der Waals surface area contributed by atoms with Crippen LogP contribution in [0, 0.1) is 0 Å². The fourth-order valence-corrected chi connectivity index (χ4v) is 2.77. The average Bonchev–Trinajstić information content (AvgIpc) is 2.98. The van der Waals surface area contributed by atoms with Crippen LogP contribution >= 0.6 is 0 Å². The molecule has 106 valence electrons. The molecular formula is C15H19N3O2. The summed E-state index contributed by atoms with van der Waals surface area (Å²) in [7, 11) is 1.66. The summed E-state index contributed by atoms with van der Waals surface area (Å²) < 4.78 is 5.26. The van der Waals surface area contributed by atoms with E-state index in [1.165, 1.54) is 5.56 Å². The first-order chi connectivity index (χ1) is 9.67. The smallest absolute Gasteiger partial charge is 0.224 e. The van der Waals surface area contributed by atoms with Gasteiger partial charge in [0.15, 0.2) is 0 Å². The molecule has 0 radical (unpaired) electrons. The van der Waals surface area contributed by atoms with E-state index >= 15 is 0 Å². The lowest BCUT2D eigenvalue weighted by molar-refractivity contribution is -0.127. The van der Waals surface area contributed by atoms with Crippen LogP contribution in [0.2, 0.25) is 0 Å². The second kappa shape index (κ2) is 5.17. The number of carbonyl (C=O) groups is 1. The number of hydrogen-bond acceptors (Lipinski definition) is 3. The molecule has 2 heterocycles. The van der Waals surface area contributed by atoms with Crippen molar-refractivity contribution in [1.29, 1.82) is 0 Å². The molecule has 5 heteroatoms. The molecule has 1 fully saturated rings. The van der Waals surface area contributed by atoms with Crippen molar-refractivity contribution >= 4 is 16.8 Å². The van der Waals surface area contributed by atoms with Crippen LogP contribution < -0.4 is 10.5 Å². The number of aromatic nitrogens is 1. The van der Waals surface area contributed by atoms with Crippen molar-refractivity contribution in [2.45, 2.75) is 18.9 Å². The molecule has 1 aromatic carbocycles. The fraction of sp³-hybridized carbons (Fsp3) is 0.400. The minimum Gasteiger partial charge on any atom is -0.497 e. The SMILES string of the molecule is COc1ccc2[nH]cc(CCN3CC(N)CC3=O)c2c1. The average molecular weight is 273 g/mol. The van der Waals surface area contributed by atoms with Crippen molar-refractivity contribution in [1.82, 2.24) is 9.88 Å². The lowest BCUT2D eigenvalue weighted by atomic mass is 10.1. The number of benzene rings is 1. The van der Waals surface area contributed by atoms with Crippen molar-refractivity contribution < 1.29 is 9.53 Å². The number of nitrogens with one attached hydrogen (secondary N) is 1. The molecule has 0 aliphatic carbocycles. The first-order valence-electron chi connectivity index (χ1n) is 6.84. The fourth-order valence-electron chi connectivity index (χ4n) is 2.77. The monoisotopic (exact) mass is 273 g/mol. The maximum Gasteiger partial charge on any atom is 0.224 e. The molecule has 1 aromatic heterocycles. The molecule has 5 nitrogen and oxygen atoms in total. The number of nitrogens with zero attached hydrogens (tertiary/aromatic N) is 1. The predicted octanol–water partition coefficient (Wildman–Crippen LogP) is 1.28. The third kappa shape index (κ3) is 2.36. The minimum atomic E-state index is -0.00874. The second-order valence-electron chi connectivity index (χ2n) is 5.28. The maximum atomic E-state index is 11.7. The van der Waals surface area contributed by atoms with Crippen molar-refractivity contribution in [3.63, 3.8) is 0 Å². The van der Waals surface area contributed by atoms with Gasteiger partial charge in [0.05, 0.1) is 7.11 Å². The highest BCUT2D eigenvalue weighted by Gasteiger charge is 2.26. The van der Waals surface area contributed by atoms with Crippen molar-refractivity contribution in [3.8, 4) is 5.75 Å². The number of rotatable bonds is 4. The minimum absolute atomic E-state index is 0.00874. The number of fused-ring (bicyclic) bond motifs is 1. The van der Waals surface area contributed by atoms with Crippen LogP contribution in [-0.2, 0) is 11.2 Å². The standard InChI is InChI=1S/C15H19N3O2/c1-20-12-2-3-14-13(7-12)10(8-17-14)4-5-18-9-11(16)6-15(18)19/h2-3,7-8,11,17H,4-6,9,16H2,1H3. The van der Waals surface area contributed by atoms with Crippen LogP contribution in [0.4, 0.5) is 0 Å². The van der Waals surface area contributed by atoms with Crippen LogP contribution in [0.5, 0.6) is 5.75 Å². The van der Waals surface area contributed by atoms with E-state index in [1.54, 1.807) is 7.11 Å². The van der Waals surface area contributed by atoms with Gasteiger partial charge in [0.1, 0.15) is 5.75 Å². The normalized spacial score (nSPS) is 19.0. The summed E-state index contributed by atoms with van der Waals surface area (Å²) in [6.07, 6.45) is 3.30. The molecule has 20 heavy (non-hydrogen) atoms. The summed E-state index contributed by atoms with van der Waals surface area (Å²) >= 11 is 0. The van der Waals surface area contributed by atoms with Gasteiger partial charge in [-0.15, -0.1) is 0 Å². The van der Waals surface area contributed by atoms with Crippen molar-refractivity contribution in [2.75, 3.05) is 20.2 Å². The topological polar surface area (TPSA) is 71.3 Å². The number of H-pyrrole nitrogens is 1. The summed E-state index contributed by atoms with van der Waals surface area (Å²) in [6.45, 7) is 1.39. The molecule has 1 aliphatic rings. The van der Waals surface area contributed by atoms with Gasteiger partial charge in [-0.1, -0.05) is 0 Å². The van der Waals surface area contributed by atoms with Gasteiger partial charge in [-0.2, -0.15) is 0 Å². The molecule has 0 bridgehead atoms.